The lowest BCUT2D eigenvalue weighted by Crippen LogP contribution is -2.32. The van der Waals surface area contributed by atoms with E-state index in [2.05, 4.69) is 0 Å². The molecule has 0 unspecified atom stereocenters. The van der Waals surface area contributed by atoms with Crippen molar-refractivity contribution in [1.82, 2.24) is 4.90 Å². The normalized spacial score (nSPS) is 10.2. The number of carbonyl (C=O) groups is 1. The first-order chi connectivity index (χ1) is 12.2. The van der Waals surface area contributed by atoms with Gasteiger partial charge in [0.05, 0.1) is 0 Å². The van der Waals surface area contributed by atoms with Gasteiger partial charge in [-0.05, 0) is 35.4 Å². The van der Waals surface area contributed by atoms with Crippen LogP contribution in [0.4, 0.5) is 10.5 Å². The fourth-order valence-corrected chi connectivity index (χ4v) is 2.49. The molecule has 0 atom stereocenters. The second kappa shape index (κ2) is 8.02. The van der Waals surface area contributed by atoms with Gasteiger partial charge in [0.25, 0.3) is 0 Å². The van der Waals surface area contributed by atoms with Crippen LogP contribution in [0.25, 0.3) is 0 Å². The molecule has 2 N–H and O–H groups in total. The first-order valence-electron chi connectivity index (χ1n) is 8.11. The van der Waals surface area contributed by atoms with E-state index in [0.29, 0.717) is 24.5 Å². The van der Waals surface area contributed by atoms with Gasteiger partial charge in [0.2, 0.25) is 0 Å². The SMILES string of the molecule is Nc1ccc(OC(=O)N(Cc2ccccc2)Cc2ccccc2)cc1. The summed E-state index contributed by atoms with van der Waals surface area (Å²) in [6.07, 6.45) is -0.391. The lowest BCUT2D eigenvalue weighted by molar-refractivity contribution is 0.146. The van der Waals surface area contributed by atoms with Crippen LogP contribution in [0, 0.1) is 0 Å². The number of anilines is 1. The Morgan fingerprint density at radius 2 is 1.24 bits per heavy atom. The fraction of sp³-hybridized carbons (Fsp3) is 0.0952. The zero-order valence-corrected chi connectivity index (χ0v) is 13.8. The Morgan fingerprint density at radius 3 is 1.72 bits per heavy atom. The van der Waals surface area contributed by atoms with Crippen LogP contribution in [0.15, 0.2) is 84.9 Å². The lowest BCUT2D eigenvalue weighted by Gasteiger charge is -2.22. The average molecular weight is 332 g/mol. The summed E-state index contributed by atoms with van der Waals surface area (Å²) >= 11 is 0. The third kappa shape index (κ3) is 4.85. The Kier molecular flexibility index (Phi) is 5.32. The van der Waals surface area contributed by atoms with E-state index >= 15 is 0 Å². The van der Waals surface area contributed by atoms with E-state index in [1.165, 1.54) is 0 Å². The molecule has 0 aliphatic carbocycles. The highest BCUT2D eigenvalue weighted by atomic mass is 16.6. The average Bonchev–Trinajstić information content (AvgIpc) is 2.65. The molecule has 0 aliphatic rings. The van der Waals surface area contributed by atoms with Gasteiger partial charge in [-0.25, -0.2) is 4.79 Å². The Hall–Kier alpha value is -3.27. The summed E-state index contributed by atoms with van der Waals surface area (Å²) in [6.45, 7) is 0.951. The van der Waals surface area contributed by atoms with Crippen LogP contribution in [0.5, 0.6) is 5.75 Å². The summed E-state index contributed by atoms with van der Waals surface area (Å²) in [5, 5.41) is 0. The van der Waals surface area contributed by atoms with E-state index in [0.717, 1.165) is 11.1 Å². The molecule has 0 fully saturated rings. The van der Waals surface area contributed by atoms with E-state index in [1.807, 2.05) is 60.7 Å². The molecule has 126 valence electrons. The quantitative estimate of drug-likeness (QED) is 0.701. The van der Waals surface area contributed by atoms with Gasteiger partial charge in [-0.1, -0.05) is 60.7 Å². The third-order valence-electron chi connectivity index (χ3n) is 3.78. The Balaban J connectivity index is 1.76. The number of hydrogen-bond donors (Lipinski definition) is 1. The predicted molar refractivity (Wildman–Crippen MR) is 99.0 cm³/mol. The van der Waals surface area contributed by atoms with Crippen LogP contribution in [0.3, 0.4) is 0 Å². The van der Waals surface area contributed by atoms with Gasteiger partial charge >= 0.3 is 6.09 Å². The second-order valence-corrected chi connectivity index (χ2v) is 5.76. The van der Waals surface area contributed by atoms with Crippen LogP contribution in [-0.2, 0) is 13.1 Å². The maximum absolute atomic E-state index is 12.7. The Bertz CT molecular complexity index is 761. The van der Waals surface area contributed by atoms with Gasteiger partial charge in [-0.3, -0.25) is 4.90 Å². The summed E-state index contributed by atoms with van der Waals surface area (Å²) in [6, 6.07) is 26.5. The molecule has 0 aromatic heterocycles. The number of nitrogen functional groups attached to an aromatic ring is 1. The number of rotatable bonds is 5. The molecule has 0 aliphatic heterocycles. The maximum atomic E-state index is 12.7. The molecule has 4 heteroatoms. The second-order valence-electron chi connectivity index (χ2n) is 5.76. The molecule has 0 radical (unpaired) electrons. The van der Waals surface area contributed by atoms with Crippen molar-refractivity contribution in [2.24, 2.45) is 0 Å². The zero-order valence-electron chi connectivity index (χ0n) is 13.8. The molecule has 4 nitrogen and oxygen atoms in total. The third-order valence-corrected chi connectivity index (χ3v) is 3.78. The molecule has 0 bridgehead atoms. The van der Waals surface area contributed by atoms with E-state index < -0.39 is 6.09 Å². The smallest absolute Gasteiger partial charge is 0.410 e. The minimum Gasteiger partial charge on any atom is -0.410 e. The minimum absolute atomic E-state index is 0.391. The van der Waals surface area contributed by atoms with Crippen molar-refractivity contribution in [3.05, 3.63) is 96.1 Å². The van der Waals surface area contributed by atoms with Crippen LogP contribution >= 0.6 is 0 Å². The van der Waals surface area contributed by atoms with Crippen molar-refractivity contribution < 1.29 is 9.53 Å². The van der Waals surface area contributed by atoms with Crippen LogP contribution in [0.1, 0.15) is 11.1 Å². The van der Waals surface area contributed by atoms with Crippen molar-refractivity contribution in [3.63, 3.8) is 0 Å². The largest absolute Gasteiger partial charge is 0.415 e. The van der Waals surface area contributed by atoms with Crippen molar-refractivity contribution in [1.29, 1.82) is 0 Å². The van der Waals surface area contributed by atoms with Gasteiger partial charge in [-0.15, -0.1) is 0 Å². The van der Waals surface area contributed by atoms with Gasteiger partial charge in [-0.2, -0.15) is 0 Å². The summed E-state index contributed by atoms with van der Waals surface area (Å²) in [5.41, 5.74) is 8.40. The van der Waals surface area contributed by atoms with Gasteiger partial charge in [0, 0.05) is 18.8 Å². The van der Waals surface area contributed by atoms with Crippen LogP contribution < -0.4 is 10.5 Å². The van der Waals surface area contributed by atoms with Gasteiger partial charge in [0.1, 0.15) is 5.75 Å². The standard InChI is InChI=1S/C21H20N2O2/c22-19-11-13-20(14-12-19)25-21(24)23(15-17-7-3-1-4-8-17)16-18-9-5-2-6-10-18/h1-14H,15-16,22H2. The number of nitrogens with two attached hydrogens (primary N) is 1. The topological polar surface area (TPSA) is 55.6 Å². The fourth-order valence-electron chi connectivity index (χ4n) is 2.49. The molecule has 0 saturated heterocycles. The molecule has 25 heavy (non-hydrogen) atoms. The zero-order chi connectivity index (χ0) is 17.5. The maximum Gasteiger partial charge on any atom is 0.415 e. The molecular formula is C21H20N2O2. The number of carbonyl (C=O) groups excluding carboxylic acids is 1. The summed E-state index contributed by atoms with van der Waals surface area (Å²) in [4.78, 5) is 14.4. The summed E-state index contributed by atoms with van der Waals surface area (Å²) in [7, 11) is 0. The Morgan fingerprint density at radius 1 is 0.760 bits per heavy atom. The van der Waals surface area contributed by atoms with Crippen LogP contribution in [0.2, 0.25) is 0 Å². The molecule has 3 aromatic rings. The van der Waals surface area contributed by atoms with E-state index in [4.69, 9.17) is 10.5 Å². The number of ether oxygens (including phenoxy) is 1. The minimum atomic E-state index is -0.391. The van der Waals surface area contributed by atoms with E-state index in [9.17, 15) is 4.79 Å². The summed E-state index contributed by atoms with van der Waals surface area (Å²) in [5.74, 6) is 0.477. The molecule has 0 spiro atoms. The predicted octanol–water partition coefficient (Wildman–Crippen LogP) is 4.47. The highest BCUT2D eigenvalue weighted by molar-refractivity contribution is 5.71. The van der Waals surface area contributed by atoms with Crippen molar-refractivity contribution in [2.45, 2.75) is 13.1 Å². The first-order valence-corrected chi connectivity index (χ1v) is 8.11. The number of amides is 1. The molecule has 0 saturated carbocycles. The number of benzene rings is 3. The highest BCUT2D eigenvalue weighted by Gasteiger charge is 2.17. The van der Waals surface area contributed by atoms with Crippen molar-refractivity contribution in [3.8, 4) is 5.75 Å². The van der Waals surface area contributed by atoms with Crippen molar-refractivity contribution >= 4 is 11.8 Å². The highest BCUT2D eigenvalue weighted by Crippen LogP contribution is 2.17. The van der Waals surface area contributed by atoms with Gasteiger partial charge in [0.15, 0.2) is 0 Å². The number of nitrogens with zero attached hydrogens (tertiary/aromatic N) is 1. The Labute approximate surface area is 147 Å². The first kappa shape index (κ1) is 16.6. The van der Waals surface area contributed by atoms with Crippen LogP contribution in [-0.4, -0.2) is 11.0 Å². The summed E-state index contributed by atoms with van der Waals surface area (Å²) < 4.78 is 5.51. The monoisotopic (exact) mass is 332 g/mol. The van der Waals surface area contributed by atoms with E-state index in [-0.39, 0.29) is 0 Å². The molecule has 0 heterocycles. The molecule has 1 amide bonds. The molecule has 3 aromatic carbocycles. The lowest BCUT2D eigenvalue weighted by atomic mass is 10.2. The molecular weight excluding hydrogens is 312 g/mol. The van der Waals surface area contributed by atoms with Gasteiger partial charge < -0.3 is 10.5 Å². The number of hydrogen-bond acceptors (Lipinski definition) is 3. The molecule has 3 rings (SSSR count). The van der Waals surface area contributed by atoms with Crippen molar-refractivity contribution in [2.75, 3.05) is 5.73 Å². The van der Waals surface area contributed by atoms with E-state index in [1.54, 1.807) is 29.2 Å².